The zero-order valence-corrected chi connectivity index (χ0v) is 9.38. The van der Waals surface area contributed by atoms with Crippen LogP contribution in [0.2, 0.25) is 0 Å². The van der Waals surface area contributed by atoms with Gasteiger partial charge in [0.05, 0.1) is 23.9 Å². The minimum absolute atomic E-state index is 0.154. The Morgan fingerprint density at radius 3 is 2.89 bits per heavy atom. The second-order valence-corrected chi connectivity index (χ2v) is 4.31. The van der Waals surface area contributed by atoms with Crippen LogP contribution in [0.15, 0.2) is 24.8 Å². The van der Waals surface area contributed by atoms with E-state index < -0.39 is 11.8 Å². The summed E-state index contributed by atoms with van der Waals surface area (Å²) in [6.45, 7) is 0. The van der Waals surface area contributed by atoms with E-state index in [1.807, 2.05) is 0 Å². The van der Waals surface area contributed by atoms with Gasteiger partial charge in [-0.05, 0) is 18.9 Å². The molecule has 2 aromatic heterocycles. The topological polar surface area (TPSA) is 68.0 Å². The third-order valence-corrected chi connectivity index (χ3v) is 2.93. The monoisotopic (exact) mass is 247 g/mol. The van der Waals surface area contributed by atoms with Crippen molar-refractivity contribution >= 4 is 5.97 Å². The van der Waals surface area contributed by atoms with Crippen LogP contribution in [0.4, 0.5) is 4.39 Å². The van der Waals surface area contributed by atoms with E-state index in [0.29, 0.717) is 5.92 Å². The van der Waals surface area contributed by atoms with Gasteiger partial charge in [0.1, 0.15) is 5.69 Å². The van der Waals surface area contributed by atoms with E-state index in [2.05, 4.69) is 9.97 Å². The number of nitrogens with zero attached hydrogens (tertiary/aromatic N) is 3. The lowest BCUT2D eigenvalue weighted by atomic mass is 10.3. The van der Waals surface area contributed by atoms with Crippen molar-refractivity contribution < 1.29 is 14.3 Å². The second-order valence-electron chi connectivity index (χ2n) is 4.31. The van der Waals surface area contributed by atoms with Crippen LogP contribution < -0.4 is 0 Å². The molecule has 2 heterocycles. The minimum Gasteiger partial charge on any atom is -0.477 e. The van der Waals surface area contributed by atoms with Gasteiger partial charge >= 0.3 is 5.97 Å². The molecule has 1 aliphatic carbocycles. The number of carbonyl (C=O) groups is 1. The van der Waals surface area contributed by atoms with E-state index in [1.165, 1.54) is 17.0 Å². The fourth-order valence-electron chi connectivity index (χ4n) is 1.80. The Hall–Kier alpha value is -2.24. The average molecular weight is 247 g/mol. The Morgan fingerprint density at radius 1 is 1.44 bits per heavy atom. The molecule has 2 aromatic rings. The molecule has 0 aliphatic heterocycles. The van der Waals surface area contributed by atoms with Gasteiger partial charge in [-0.2, -0.15) is 0 Å². The van der Waals surface area contributed by atoms with Gasteiger partial charge in [-0.3, -0.25) is 0 Å². The fourth-order valence-corrected chi connectivity index (χ4v) is 1.80. The molecule has 0 saturated heterocycles. The molecule has 18 heavy (non-hydrogen) atoms. The van der Waals surface area contributed by atoms with Crippen molar-refractivity contribution in [2.24, 2.45) is 0 Å². The Morgan fingerprint density at radius 2 is 2.22 bits per heavy atom. The van der Waals surface area contributed by atoms with Gasteiger partial charge in [-0.25, -0.2) is 19.2 Å². The molecule has 0 radical (unpaired) electrons. The summed E-state index contributed by atoms with van der Waals surface area (Å²) in [7, 11) is 0. The molecule has 6 heteroatoms. The summed E-state index contributed by atoms with van der Waals surface area (Å²) in [6, 6.07) is 1.20. The summed E-state index contributed by atoms with van der Waals surface area (Å²) >= 11 is 0. The van der Waals surface area contributed by atoms with Crippen LogP contribution in [0.1, 0.15) is 34.9 Å². The van der Waals surface area contributed by atoms with Crippen LogP contribution >= 0.6 is 0 Å². The molecule has 0 spiro atoms. The molecule has 5 nitrogen and oxygen atoms in total. The van der Waals surface area contributed by atoms with E-state index in [0.717, 1.165) is 24.7 Å². The predicted octanol–water partition coefficient (Wildman–Crippen LogP) is 1.98. The highest BCUT2D eigenvalue weighted by Gasteiger charge is 2.26. The van der Waals surface area contributed by atoms with Gasteiger partial charge in [0.15, 0.2) is 5.82 Å². The molecule has 0 atom stereocenters. The number of halogens is 1. The molecule has 0 amide bonds. The van der Waals surface area contributed by atoms with Gasteiger partial charge < -0.3 is 9.67 Å². The van der Waals surface area contributed by atoms with E-state index in [4.69, 9.17) is 5.11 Å². The highest BCUT2D eigenvalue weighted by molar-refractivity contribution is 5.85. The first-order chi connectivity index (χ1) is 8.65. The number of hydrogen-bond acceptors (Lipinski definition) is 3. The van der Waals surface area contributed by atoms with Gasteiger partial charge in [0.25, 0.3) is 0 Å². The molecule has 0 unspecified atom stereocenters. The molecule has 1 saturated carbocycles. The molecular weight excluding hydrogens is 237 g/mol. The molecule has 1 N–H and O–H groups in total. The Bertz CT molecular complexity index is 620. The lowest BCUT2D eigenvalue weighted by molar-refractivity contribution is 0.0690. The van der Waals surface area contributed by atoms with Crippen LogP contribution in [0.25, 0.3) is 5.69 Å². The number of carboxylic acid groups (broad SMARTS) is 1. The van der Waals surface area contributed by atoms with Crippen LogP contribution in [-0.4, -0.2) is 25.6 Å². The summed E-state index contributed by atoms with van der Waals surface area (Å²) in [5, 5.41) is 8.84. The summed E-state index contributed by atoms with van der Waals surface area (Å²) in [4.78, 5) is 18.5. The molecule has 0 aromatic carbocycles. The number of pyridine rings is 1. The van der Waals surface area contributed by atoms with Gasteiger partial charge in [-0.15, -0.1) is 0 Å². The third-order valence-electron chi connectivity index (χ3n) is 2.93. The number of hydrogen-bond donors (Lipinski definition) is 1. The first kappa shape index (κ1) is 10.9. The average Bonchev–Trinajstić information content (AvgIpc) is 3.08. The smallest absolute Gasteiger partial charge is 0.354 e. The first-order valence-corrected chi connectivity index (χ1v) is 5.58. The van der Waals surface area contributed by atoms with Crippen molar-refractivity contribution in [3.8, 4) is 5.69 Å². The summed E-state index contributed by atoms with van der Waals surface area (Å²) in [5.74, 6) is -1.28. The summed E-state index contributed by atoms with van der Waals surface area (Å²) in [6.07, 6.45) is 6.36. The molecule has 1 fully saturated rings. The van der Waals surface area contributed by atoms with Crippen molar-refractivity contribution in [3.05, 3.63) is 42.0 Å². The van der Waals surface area contributed by atoms with Crippen molar-refractivity contribution in [1.82, 2.24) is 14.5 Å². The molecule has 0 bridgehead atoms. The zero-order chi connectivity index (χ0) is 12.7. The van der Waals surface area contributed by atoms with Crippen molar-refractivity contribution in [2.75, 3.05) is 0 Å². The number of rotatable bonds is 3. The molecule has 1 aliphatic rings. The lowest BCUT2D eigenvalue weighted by Gasteiger charge is -2.04. The predicted molar refractivity (Wildman–Crippen MR) is 60.3 cm³/mol. The normalized spacial score (nSPS) is 14.7. The van der Waals surface area contributed by atoms with Crippen LogP contribution in [0, 0.1) is 5.82 Å². The van der Waals surface area contributed by atoms with Crippen molar-refractivity contribution in [3.63, 3.8) is 0 Å². The SMILES string of the molecule is O=C(O)c1cc(-n2cnc(C3CC3)c2)c(F)cn1. The number of aromatic nitrogens is 3. The fraction of sp³-hybridized carbons (Fsp3) is 0.250. The van der Waals surface area contributed by atoms with Gasteiger partial charge in [-0.1, -0.05) is 0 Å². The lowest BCUT2D eigenvalue weighted by Crippen LogP contribution is -2.04. The first-order valence-electron chi connectivity index (χ1n) is 5.58. The Kier molecular flexibility index (Phi) is 2.36. The van der Waals surface area contributed by atoms with Crippen molar-refractivity contribution in [2.45, 2.75) is 18.8 Å². The largest absolute Gasteiger partial charge is 0.477 e. The maximum absolute atomic E-state index is 13.6. The van der Waals surface area contributed by atoms with Crippen LogP contribution in [-0.2, 0) is 0 Å². The number of aromatic carboxylic acids is 1. The maximum Gasteiger partial charge on any atom is 0.354 e. The number of imidazole rings is 1. The minimum atomic E-state index is -1.18. The Labute approximate surface area is 102 Å². The van der Waals surface area contributed by atoms with Crippen LogP contribution in [0.3, 0.4) is 0 Å². The maximum atomic E-state index is 13.6. The van der Waals surface area contributed by atoms with E-state index in [1.54, 1.807) is 6.20 Å². The highest BCUT2D eigenvalue weighted by Crippen LogP contribution is 2.39. The van der Waals surface area contributed by atoms with Crippen LogP contribution in [0.5, 0.6) is 0 Å². The zero-order valence-electron chi connectivity index (χ0n) is 9.38. The van der Waals surface area contributed by atoms with E-state index >= 15 is 0 Å². The molecule has 3 rings (SSSR count). The van der Waals surface area contributed by atoms with E-state index in [9.17, 15) is 9.18 Å². The summed E-state index contributed by atoms with van der Waals surface area (Å²) < 4.78 is 15.1. The highest BCUT2D eigenvalue weighted by atomic mass is 19.1. The third kappa shape index (κ3) is 1.85. The van der Waals surface area contributed by atoms with E-state index in [-0.39, 0.29) is 11.4 Å². The number of carboxylic acids is 1. The standard InChI is InChI=1S/C12H10FN3O2/c13-8-4-14-9(12(17)18)3-11(8)16-5-10(15-6-16)7-1-2-7/h3-7H,1-2H2,(H,17,18). The van der Waals surface area contributed by atoms with Crippen molar-refractivity contribution in [1.29, 1.82) is 0 Å². The Balaban J connectivity index is 2.03. The molecule has 92 valence electrons. The van der Waals surface area contributed by atoms with Gasteiger partial charge in [0, 0.05) is 12.1 Å². The quantitative estimate of drug-likeness (QED) is 0.900. The van der Waals surface area contributed by atoms with Gasteiger partial charge in [0.2, 0.25) is 0 Å². The second kappa shape index (κ2) is 3.90. The molecular formula is C12H10FN3O2. The summed E-state index contributed by atoms with van der Waals surface area (Å²) in [5.41, 5.74) is 0.887.